The van der Waals surface area contributed by atoms with E-state index in [-0.39, 0.29) is 135 Å². The molecule has 0 saturated heterocycles. The Morgan fingerprint density at radius 2 is 0.600 bits per heavy atom. The molecule has 0 aliphatic carbocycles. The van der Waals surface area contributed by atoms with Crippen LogP contribution in [0.4, 0.5) is 65.9 Å². The van der Waals surface area contributed by atoms with Crippen molar-refractivity contribution in [3.63, 3.8) is 0 Å². The van der Waals surface area contributed by atoms with Crippen LogP contribution in [0.25, 0.3) is 96.5 Å². The molecule has 0 unspecified atom stereocenters. The second-order valence-electron chi connectivity index (χ2n) is 26.6. The Kier molecular flexibility index (Phi) is 45.2. The van der Waals surface area contributed by atoms with Gasteiger partial charge in [0, 0.05) is 269 Å². The van der Waals surface area contributed by atoms with Crippen LogP contribution in [0.15, 0.2) is 360 Å². The number of nitrogens with zero attached hydrogens (tertiary/aromatic N) is 25. The van der Waals surface area contributed by atoms with Gasteiger partial charge < -0.3 is 51.0 Å². The molecule has 6 aromatic carbocycles. The summed E-state index contributed by atoms with van der Waals surface area (Å²) in [4.78, 5) is 20.0. The quantitative estimate of drug-likeness (QED) is 0.0858. The Bertz CT molecular complexity index is 6500. The minimum absolute atomic E-state index is 0. The molecule has 21 rings (SSSR count). The van der Waals surface area contributed by atoms with Crippen LogP contribution in [0.3, 0.4) is 0 Å². The van der Waals surface area contributed by atoms with Gasteiger partial charge in [-0.3, -0.25) is 74.7 Å². The van der Waals surface area contributed by atoms with Gasteiger partial charge in [-0.1, -0.05) is 102 Å². The summed E-state index contributed by atoms with van der Waals surface area (Å²) in [7, 11) is 0. The number of alkyl halides is 9. The maximum Gasteiger partial charge on any atom is 0.431 e. The molecule has 140 heavy (non-hydrogen) atoms. The van der Waals surface area contributed by atoms with Gasteiger partial charge >= 0.3 is 18.5 Å². The van der Waals surface area contributed by atoms with E-state index in [1.807, 2.05) is 128 Å². The topological polar surface area (TPSA) is 288 Å². The largest absolute Gasteiger partial charge is 0.574 e. The standard InChI is InChI=1S/C14H10N3.C10H9N2.3C9H5F3N3.3C9H5F2N2.C9H7N2.C8H6N3.5Ir/c1-2-4-11(5-3-1)12-6-8-15-14(10-12)13-7-9-16-17-13;1-9-4-2-5-10(8-9)12-7-3-6-11-12;3*10-9(11,12)8-5-7(14-15-8)6-3-1-2-4-13-6;3*10-7-2-3-9(8(11)6-7)13-5-1-4-12-13;1-2-5-9(6-3-1)11-8-4-7-10-11;1-2-5-9-7(3-1)8-4-6-10-11-8;;;;;/h1-10H;2-4,6-8H,1H3;3*1-5H;3*1-2,4-6H;1-5,7-8H;1-6H;;;;;/q10*-1;;;;;. The SMILES string of the molecule is Cc1cc[c-]c(-n2cccn2)c1.FC(F)(F)c1cc(-c2ccccn2)[n-]n1.FC(F)(F)c1cc(-c2ccccn2)[n-]n1.FC(F)(F)c1cc(-c2ccccn2)[n-]n1.Fc1c[c-]c(-n2cccn2)c(F)c1.Fc1c[c-]c(-n2cccn2)c(F)c1.Fc1c[c-]c(-n2cccn2)c(F)c1.[Ir].[Ir].[Ir].[Ir].[Ir].[c-]1ccccc1-n1cccn1.c1ccc(-c2ccn[n-]2)nc1.c1ccc(-c2ccnc(-c3ccn[n-]3)c2)cc1. The van der Waals surface area contributed by atoms with E-state index in [1.54, 1.807) is 138 Å². The van der Waals surface area contributed by atoms with Crippen LogP contribution in [0, 0.1) is 72.2 Å². The van der Waals surface area contributed by atoms with Gasteiger partial charge in [0.2, 0.25) is 0 Å². The Balaban J connectivity index is 0.000000211. The number of aromatic nitrogens is 25. The molecular formula is C95H62F15Ir5N25-10. The number of hydrogen-bond donors (Lipinski definition) is 0. The van der Waals surface area contributed by atoms with Gasteiger partial charge in [0.1, 0.15) is 17.1 Å². The Morgan fingerprint density at radius 1 is 0.264 bits per heavy atom. The number of rotatable bonds is 11. The molecule has 0 amide bonds. The summed E-state index contributed by atoms with van der Waals surface area (Å²) < 4.78 is 194. The molecule has 727 valence electrons. The first kappa shape index (κ1) is 112. The molecule has 0 bridgehead atoms. The van der Waals surface area contributed by atoms with Crippen LogP contribution in [0.5, 0.6) is 0 Å². The van der Waals surface area contributed by atoms with Crippen LogP contribution < -0.4 is 25.5 Å². The third-order valence-electron chi connectivity index (χ3n) is 17.1. The Labute approximate surface area is 854 Å². The molecule has 21 aromatic rings. The predicted octanol–water partition coefficient (Wildman–Crippen LogP) is 19.7. The fraction of sp³-hybridized carbons (Fsp3) is 0.0421. The van der Waals surface area contributed by atoms with Crippen molar-refractivity contribution in [2.45, 2.75) is 25.5 Å². The number of benzene rings is 6. The smallest absolute Gasteiger partial charge is 0.431 e. The number of halogens is 15. The summed E-state index contributed by atoms with van der Waals surface area (Å²) in [5.74, 6) is -3.97. The summed E-state index contributed by atoms with van der Waals surface area (Å²) in [6, 6.07) is 82.6. The fourth-order valence-electron chi connectivity index (χ4n) is 10.9. The van der Waals surface area contributed by atoms with Gasteiger partial charge in [-0.05, 0) is 149 Å². The number of para-hydroxylation sites is 1. The van der Waals surface area contributed by atoms with Crippen molar-refractivity contribution in [1.82, 2.24) is 125 Å². The molecule has 0 aliphatic rings. The van der Waals surface area contributed by atoms with E-state index in [0.717, 1.165) is 94.3 Å². The molecule has 15 aromatic heterocycles. The molecule has 0 aliphatic heterocycles. The second-order valence-corrected chi connectivity index (χ2v) is 26.6. The molecular weight excluding hydrogens is 2740 g/mol. The molecule has 0 spiro atoms. The first-order valence-corrected chi connectivity index (χ1v) is 39.1. The molecule has 45 heteroatoms. The summed E-state index contributed by atoms with van der Waals surface area (Å²) >= 11 is 0. The molecule has 0 fully saturated rings. The molecule has 5 radical (unpaired) electrons. The second kappa shape index (κ2) is 56.3. The average Bonchev–Trinajstić information content (AvgIpc) is 1.70. The fourth-order valence-corrected chi connectivity index (χ4v) is 10.9. The average molecular weight is 2800 g/mol. The van der Waals surface area contributed by atoms with E-state index in [1.165, 1.54) is 62.4 Å². The first-order chi connectivity index (χ1) is 65.3. The van der Waals surface area contributed by atoms with E-state index in [2.05, 4.69) is 151 Å². The van der Waals surface area contributed by atoms with E-state index in [0.29, 0.717) is 17.1 Å². The third-order valence-corrected chi connectivity index (χ3v) is 17.1. The van der Waals surface area contributed by atoms with Crippen LogP contribution >= 0.6 is 0 Å². The molecule has 0 N–H and O–H groups in total. The summed E-state index contributed by atoms with van der Waals surface area (Å²) in [6.45, 7) is 2.06. The molecule has 15 heterocycles. The summed E-state index contributed by atoms with van der Waals surface area (Å²) in [5, 5.41) is 54.4. The third kappa shape index (κ3) is 34.8. The maximum absolute atomic E-state index is 13.1. The van der Waals surface area contributed by atoms with Crippen molar-refractivity contribution in [3.8, 4) is 96.5 Å². The van der Waals surface area contributed by atoms with Crippen molar-refractivity contribution >= 4 is 0 Å². The number of pyridine rings is 5. The molecule has 0 atom stereocenters. The minimum Gasteiger partial charge on any atom is -0.574 e. The number of aryl methyl sites for hydroxylation is 1. The van der Waals surface area contributed by atoms with Gasteiger partial charge in [-0.2, -0.15) is 131 Å². The monoisotopic (exact) mass is 2800 g/mol. The maximum atomic E-state index is 13.1. The van der Waals surface area contributed by atoms with Crippen molar-refractivity contribution in [2.75, 3.05) is 0 Å². The van der Waals surface area contributed by atoms with Crippen molar-refractivity contribution < 1.29 is 166 Å². The Hall–Kier alpha value is -14.6. The van der Waals surface area contributed by atoms with Gasteiger partial charge in [0.15, 0.2) is 0 Å². The summed E-state index contributed by atoms with van der Waals surface area (Å²) in [6.07, 6.45) is 14.5. The van der Waals surface area contributed by atoms with Gasteiger partial charge in [0.05, 0.1) is 0 Å². The van der Waals surface area contributed by atoms with Crippen molar-refractivity contribution in [2.24, 2.45) is 0 Å². The first-order valence-electron chi connectivity index (χ1n) is 39.1. The molecule has 0 saturated carbocycles. The van der Waals surface area contributed by atoms with E-state index in [9.17, 15) is 65.9 Å². The van der Waals surface area contributed by atoms with Crippen molar-refractivity contribution in [1.29, 1.82) is 0 Å². The van der Waals surface area contributed by atoms with Crippen LogP contribution in [-0.4, -0.2) is 99.3 Å². The zero-order valence-corrected chi connectivity index (χ0v) is 83.1. The van der Waals surface area contributed by atoms with Gasteiger partial charge in [0.25, 0.3) is 0 Å². The molecule has 25 nitrogen and oxygen atoms in total. The van der Waals surface area contributed by atoms with Crippen LogP contribution in [-0.2, 0) is 119 Å². The number of hydrogen-bond acceptors (Lipinski definition) is 15. The van der Waals surface area contributed by atoms with E-state index in [4.69, 9.17) is 0 Å². The van der Waals surface area contributed by atoms with E-state index >= 15 is 0 Å². The predicted molar refractivity (Wildman–Crippen MR) is 461 cm³/mol. The zero-order valence-electron chi connectivity index (χ0n) is 71.1. The van der Waals surface area contributed by atoms with Crippen LogP contribution in [0.1, 0.15) is 22.6 Å². The van der Waals surface area contributed by atoms with Crippen LogP contribution in [0.2, 0.25) is 0 Å². The van der Waals surface area contributed by atoms with E-state index < -0.39 is 70.5 Å². The Morgan fingerprint density at radius 3 is 0.907 bits per heavy atom. The zero-order chi connectivity index (χ0) is 95.4. The minimum atomic E-state index is -4.46. The summed E-state index contributed by atoms with van der Waals surface area (Å²) in [5.41, 5.74) is 7.71. The normalized spacial score (nSPS) is 10.3. The van der Waals surface area contributed by atoms with Gasteiger partial charge in [-0.25, -0.2) is 0 Å². The van der Waals surface area contributed by atoms with Gasteiger partial charge in [-0.15, -0.1) is 48.5 Å². The van der Waals surface area contributed by atoms with Crippen molar-refractivity contribution in [3.05, 3.63) is 448 Å².